The van der Waals surface area contributed by atoms with Crippen molar-refractivity contribution < 1.29 is 19.4 Å². The van der Waals surface area contributed by atoms with Crippen LogP contribution >= 0.6 is 0 Å². The number of hydrogen-bond acceptors (Lipinski definition) is 4. The lowest BCUT2D eigenvalue weighted by Gasteiger charge is -2.22. The van der Waals surface area contributed by atoms with Gasteiger partial charge in [0.1, 0.15) is 5.75 Å². The number of phenols is 1. The number of hydrogen-bond donors (Lipinski definition) is 1. The maximum Gasteiger partial charge on any atom is 0.410 e. The predicted octanol–water partition coefficient (Wildman–Crippen LogP) is 1.86. The van der Waals surface area contributed by atoms with Crippen LogP contribution in [-0.2, 0) is 11.8 Å². The first kappa shape index (κ1) is 15.8. The third-order valence-corrected chi connectivity index (χ3v) is 5.43. The molecule has 7 heteroatoms. The number of likely N-dealkylation sites (tertiary alicyclic amines) is 1. The van der Waals surface area contributed by atoms with E-state index in [1.54, 1.807) is 29.0 Å². The number of rotatable bonds is 1. The summed E-state index contributed by atoms with van der Waals surface area (Å²) in [6.45, 7) is 3.36. The molecule has 1 aromatic carbocycles. The summed E-state index contributed by atoms with van der Waals surface area (Å²) in [6.07, 6.45) is 0.310. The van der Waals surface area contributed by atoms with Crippen molar-refractivity contribution in [2.45, 2.75) is 18.9 Å². The first-order chi connectivity index (χ1) is 11.8. The Labute approximate surface area is 145 Å². The molecule has 2 aliphatic rings. The molecule has 0 unspecified atom stereocenters. The van der Waals surface area contributed by atoms with Crippen molar-refractivity contribution in [2.75, 3.05) is 26.7 Å². The van der Waals surface area contributed by atoms with Gasteiger partial charge in [-0.2, -0.15) is 0 Å². The third-order valence-electron chi connectivity index (χ3n) is 5.43. The number of benzene rings is 1. The molecule has 1 N–H and O–H groups in total. The highest BCUT2D eigenvalue weighted by Gasteiger charge is 2.49. The van der Waals surface area contributed by atoms with Crippen molar-refractivity contribution in [1.82, 2.24) is 14.4 Å². The molecule has 4 rings (SSSR count). The van der Waals surface area contributed by atoms with Gasteiger partial charge in [0.15, 0.2) is 5.60 Å². The number of ether oxygens (including phenoxy) is 1. The lowest BCUT2D eigenvalue weighted by Crippen LogP contribution is -2.39. The van der Waals surface area contributed by atoms with Gasteiger partial charge in [0, 0.05) is 43.7 Å². The fourth-order valence-corrected chi connectivity index (χ4v) is 4.01. The quantitative estimate of drug-likeness (QED) is 0.858. The van der Waals surface area contributed by atoms with Crippen LogP contribution in [0.3, 0.4) is 0 Å². The molecule has 3 heterocycles. The lowest BCUT2D eigenvalue weighted by atomic mass is 10.0. The van der Waals surface area contributed by atoms with Gasteiger partial charge in [-0.1, -0.05) is 0 Å². The normalized spacial score (nSPS) is 23.1. The first-order valence-corrected chi connectivity index (χ1v) is 8.33. The van der Waals surface area contributed by atoms with Crippen LogP contribution in [0, 0.1) is 6.92 Å². The van der Waals surface area contributed by atoms with Gasteiger partial charge in [0.2, 0.25) is 0 Å². The molecule has 2 saturated heterocycles. The SMILES string of the molecule is Cc1c(C(=O)N2CC[C@@]3(CN(C)C(=O)O3)C2)c2cc(O)ccc2n1C. The second kappa shape index (κ2) is 5.15. The molecule has 0 radical (unpaired) electrons. The highest BCUT2D eigenvalue weighted by atomic mass is 16.6. The molecule has 1 aromatic heterocycles. The van der Waals surface area contributed by atoms with E-state index in [0.717, 1.165) is 16.6 Å². The third kappa shape index (κ3) is 2.26. The van der Waals surface area contributed by atoms with Gasteiger partial charge in [-0.25, -0.2) is 4.79 Å². The van der Waals surface area contributed by atoms with Gasteiger partial charge in [0.05, 0.1) is 18.7 Å². The van der Waals surface area contributed by atoms with Crippen LogP contribution in [0.4, 0.5) is 4.79 Å². The second-order valence-corrected chi connectivity index (χ2v) is 7.10. The van der Waals surface area contributed by atoms with Crippen molar-refractivity contribution in [3.63, 3.8) is 0 Å². The Morgan fingerprint density at radius 1 is 1.28 bits per heavy atom. The van der Waals surface area contributed by atoms with Crippen LogP contribution in [-0.4, -0.2) is 63.8 Å². The smallest absolute Gasteiger partial charge is 0.410 e. The van der Waals surface area contributed by atoms with Crippen molar-refractivity contribution in [1.29, 1.82) is 0 Å². The Morgan fingerprint density at radius 3 is 2.72 bits per heavy atom. The molecule has 1 atom stereocenters. The molecule has 132 valence electrons. The van der Waals surface area contributed by atoms with Crippen LogP contribution in [0.15, 0.2) is 18.2 Å². The average molecular weight is 343 g/mol. The number of nitrogens with zero attached hydrogens (tertiary/aromatic N) is 3. The molecule has 0 aliphatic carbocycles. The first-order valence-electron chi connectivity index (χ1n) is 8.33. The topological polar surface area (TPSA) is 75.0 Å². The molecule has 2 amide bonds. The summed E-state index contributed by atoms with van der Waals surface area (Å²) in [5.74, 6) is 0.0487. The summed E-state index contributed by atoms with van der Waals surface area (Å²) in [6, 6.07) is 5.06. The van der Waals surface area contributed by atoms with Crippen molar-refractivity contribution in [2.24, 2.45) is 7.05 Å². The molecule has 2 aromatic rings. The maximum absolute atomic E-state index is 13.2. The molecular weight excluding hydrogens is 322 g/mol. The van der Waals surface area contributed by atoms with E-state index in [0.29, 0.717) is 31.6 Å². The number of aromatic nitrogens is 1. The summed E-state index contributed by atoms with van der Waals surface area (Å²) >= 11 is 0. The molecule has 2 fully saturated rings. The van der Waals surface area contributed by atoms with E-state index in [4.69, 9.17) is 4.74 Å². The van der Waals surface area contributed by atoms with Crippen LogP contribution in [0.25, 0.3) is 10.9 Å². The fraction of sp³-hybridized carbons (Fsp3) is 0.444. The second-order valence-electron chi connectivity index (χ2n) is 7.10. The summed E-state index contributed by atoms with van der Waals surface area (Å²) in [4.78, 5) is 28.2. The average Bonchev–Trinajstić information content (AvgIpc) is 3.16. The fourth-order valence-electron chi connectivity index (χ4n) is 4.01. The summed E-state index contributed by atoms with van der Waals surface area (Å²) in [5.41, 5.74) is 1.76. The van der Waals surface area contributed by atoms with E-state index < -0.39 is 5.60 Å². The van der Waals surface area contributed by atoms with E-state index >= 15 is 0 Å². The maximum atomic E-state index is 13.2. The predicted molar refractivity (Wildman–Crippen MR) is 91.7 cm³/mol. The molecule has 2 aliphatic heterocycles. The standard InChI is InChI=1S/C18H21N3O4/c1-11-15(13-8-12(22)4-5-14(13)20(11)3)16(23)21-7-6-18(10-21)9-19(2)17(24)25-18/h4-5,8,22H,6-7,9-10H2,1-3H3/t18-/m1/s1. The van der Waals surface area contributed by atoms with Crippen molar-refractivity contribution in [3.8, 4) is 5.75 Å². The minimum atomic E-state index is -0.595. The Hall–Kier alpha value is -2.70. The van der Waals surface area contributed by atoms with Crippen LogP contribution in [0.2, 0.25) is 0 Å². The van der Waals surface area contributed by atoms with Crippen LogP contribution in [0.1, 0.15) is 22.5 Å². The number of carbonyl (C=O) groups excluding carboxylic acids is 2. The minimum Gasteiger partial charge on any atom is -0.508 e. The molecule has 0 saturated carbocycles. The largest absolute Gasteiger partial charge is 0.508 e. The van der Waals surface area contributed by atoms with Gasteiger partial charge >= 0.3 is 6.09 Å². The molecule has 7 nitrogen and oxygen atoms in total. The zero-order valence-electron chi connectivity index (χ0n) is 14.6. The molecule has 25 heavy (non-hydrogen) atoms. The highest BCUT2D eigenvalue weighted by Crippen LogP contribution is 2.35. The number of amides is 2. The van der Waals surface area contributed by atoms with Gasteiger partial charge in [-0.3, -0.25) is 4.79 Å². The van der Waals surface area contributed by atoms with E-state index in [2.05, 4.69) is 0 Å². The van der Waals surface area contributed by atoms with Crippen molar-refractivity contribution in [3.05, 3.63) is 29.5 Å². The van der Waals surface area contributed by atoms with Crippen molar-refractivity contribution >= 4 is 22.9 Å². The van der Waals surface area contributed by atoms with E-state index in [1.807, 2.05) is 24.6 Å². The van der Waals surface area contributed by atoms with Gasteiger partial charge in [0.25, 0.3) is 5.91 Å². The zero-order valence-corrected chi connectivity index (χ0v) is 14.6. The monoisotopic (exact) mass is 343 g/mol. The number of likely N-dealkylation sites (N-methyl/N-ethyl adjacent to an activating group) is 1. The Kier molecular flexibility index (Phi) is 3.25. The van der Waals surface area contributed by atoms with E-state index in [1.165, 1.54) is 0 Å². The number of aromatic hydroxyl groups is 1. The lowest BCUT2D eigenvalue weighted by molar-refractivity contribution is 0.0553. The Bertz CT molecular complexity index is 903. The molecular formula is C18H21N3O4. The summed E-state index contributed by atoms with van der Waals surface area (Å²) in [5, 5.41) is 10.6. The van der Waals surface area contributed by atoms with Crippen LogP contribution in [0.5, 0.6) is 5.75 Å². The highest BCUT2D eigenvalue weighted by molar-refractivity contribution is 6.08. The van der Waals surface area contributed by atoms with Gasteiger partial charge in [-0.05, 0) is 25.1 Å². The minimum absolute atomic E-state index is 0.0869. The van der Waals surface area contributed by atoms with E-state index in [-0.39, 0.29) is 17.7 Å². The van der Waals surface area contributed by atoms with E-state index in [9.17, 15) is 14.7 Å². The number of phenolic OH excluding ortho intramolecular Hbond substituents is 1. The van der Waals surface area contributed by atoms with Crippen LogP contribution < -0.4 is 0 Å². The summed E-state index contributed by atoms with van der Waals surface area (Å²) in [7, 11) is 3.61. The van der Waals surface area contributed by atoms with Gasteiger partial charge < -0.3 is 24.2 Å². The Balaban J connectivity index is 1.69. The van der Waals surface area contributed by atoms with Gasteiger partial charge in [-0.15, -0.1) is 0 Å². The summed E-state index contributed by atoms with van der Waals surface area (Å²) < 4.78 is 7.48. The Morgan fingerprint density at radius 2 is 2.04 bits per heavy atom. The zero-order chi connectivity index (χ0) is 17.9. The molecule has 1 spiro atoms. The number of fused-ring (bicyclic) bond motifs is 1. The number of aryl methyl sites for hydroxylation is 1. The molecule has 0 bridgehead atoms. The number of carbonyl (C=O) groups is 2.